The van der Waals surface area contributed by atoms with E-state index in [-0.39, 0.29) is 29.8 Å². The molecule has 2 aliphatic rings. The minimum Gasteiger partial charge on any atom is -0.508 e. The summed E-state index contributed by atoms with van der Waals surface area (Å²) in [5, 5.41) is 10.3. The highest BCUT2D eigenvalue weighted by molar-refractivity contribution is 6.42. The van der Waals surface area contributed by atoms with Gasteiger partial charge in [-0.25, -0.2) is 0 Å². The van der Waals surface area contributed by atoms with Gasteiger partial charge in [-0.2, -0.15) is 0 Å². The minimum absolute atomic E-state index is 0.0758. The average Bonchev–Trinajstić information content (AvgIpc) is 2.64. The second kappa shape index (κ2) is 7.02. The molecule has 0 fully saturated rings. The van der Waals surface area contributed by atoms with Gasteiger partial charge in [0.15, 0.2) is 5.78 Å². The summed E-state index contributed by atoms with van der Waals surface area (Å²) in [5.41, 5.74) is 2.93. The number of ketones is 1. The van der Waals surface area contributed by atoms with Crippen LogP contribution in [0, 0.1) is 0 Å². The first-order valence-corrected chi connectivity index (χ1v) is 9.54. The van der Waals surface area contributed by atoms with Gasteiger partial charge in [-0.05, 0) is 48.7 Å². The van der Waals surface area contributed by atoms with Crippen molar-refractivity contribution < 1.29 is 14.7 Å². The van der Waals surface area contributed by atoms with Crippen molar-refractivity contribution >= 4 is 40.6 Å². The van der Waals surface area contributed by atoms with Crippen LogP contribution in [-0.4, -0.2) is 16.8 Å². The highest BCUT2D eigenvalue weighted by Gasteiger charge is 2.39. The van der Waals surface area contributed by atoms with Crippen LogP contribution in [0.1, 0.15) is 37.2 Å². The summed E-state index contributed by atoms with van der Waals surface area (Å²) in [6.07, 6.45) is 2.04. The van der Waals surface area contributed by atoms with Crippen LogP contribution in [0.25, 0.3) is 0 Å². The smallest absolute Gasteiger partial charge is 0.232 e. The van der Waals surface area contributed by atoms with E-state index in [0.717, 1.165) is 11.3 Å². The Morgan fingerprint density at radius 2 is 1.70 bits per heavy atom. The molecule has 0 aromatic heterocycles. The SMILES string of the molecule is O=C1CCCC2=C1C(c1ccc(O)cc1)CC(=O)N2c1ccc(Cl)c(Cl)c1. The molecule has 1 amide bonds. The number of hydrogen-bond acceptors (Lipinski definition) is 3. The number of allylic oxidation sites excluding steroid dienone is 2. The first-order chi connectivity index (χ1) is 13.0. The maximum absolute atomic E-state index is 13.1. The number of hydrogen-bond donors (Lipinski definition) is 1. The Hall–Kier alpha value is -2.30. The Morgan fingerprint density at radius 1 is 0.963 bits per heavy atom. The van der Waals surface area contributed by atoms with E-state index in [9.17, 15) is 14.7 Å². The highest BCUT2D eigenvalue weighted by atomic mass is 35.5. The Balaban J connectivity index is 1.85. The molecule has 0 bridgehead atoms. The lowest BCUT2D eigenvalue weighted by Crippen LogP contribution is -2.40. The largest absolute Gasteiger partial charge is 0.508 e. The molecule has 4 nitrogen and oxygen atoms in total. The van der Waals surface area contributed by atoms with E-state index in [1.807, 2.05) is 0 Å². The average molecular weight is 402 g/mol. The number of phenols is 1. The molecule has 2 aromatic carbocycles. The maximum atomic E-state index is 13.1. The van der Waals surface area contributed by atoms with Crippen LogP contribution in [-0.2, 0) is 9.59 Å². The number of anilines is 1. The molecule has 0 saturated heterocycles. The molecule has 4 rings (SSSR count). The molecule has 6 heteroatoms. The summed E-state index contributed by atoms with van der Waals surface area (Å²) in [5.74, 6) is -0.144. The van der Waals surface area contributed by atoms with Crippen molar-refractivity contribution in [1.82, 2.24) is 0 Å². The first kappa shape index (κ1) is 18.1. The van der Waals surface area contributed by atoms with Crippen LogP contribution in [0.15, 0.2) is 53.7 Å². The van der Waals surface area contributed by atoms with Crippen LogP contribution < -0.4 is 4.90 Å². The van der Waals surface area contributed by atoms with Crippen molar-refractivity contribution in [3.8, 4) is 5.75 Å². The van der Waals surface area contributed by atoms with E-state index in [0.29, 0.717) is 40.6 Å². The number of halogens is 2. The molecule has 1 heterocycles. The van der Waals surface area contributed by atoms with Gasteiger partial charge in [0.25, 0.3) is 0 Å². The summed E-state index contributed by atoms with van der Waals surface area (Å²) in [7, 11) is 0. The zero-order chi connectivity index (χ0) is 19.1. The van der Waals surface area contributed by atoms with Crippen LogP contribution in [0.3, 0.4) is 0 Å². The van der Waals surface area contributed by atoms with Gasteiger partial charge in [-0.15, -0.1) is 0 Å². The molecule has 0 spiro atoms. The van der Waals surface area contributed by atoms with Gasteiger partial charge < -0.3 is 5.11 Å². The van der Waals surface area contributed by atoms with Crippen molar-refractivity contribution in [1.29, 1.82) is 0 Å². The van der Waals surface area contributed by atoms with Gasteiger partial charge in [0.05, 0.1) is 15.7 Å². The minimum atomic E-state index is -0.292. The molecule has 1 N–H and O–H groups in total. The zero-order valence-electron chi connectivity index (χ0n) is 14.4. The summed E-state index contributed by atoms with van der Waals surface area (Å²) in [6.45, 7) is 0. The van der Waals surface area contributed by atoms with Crippen molar-refractivity contribution in [2.24, 2.45) is 0 Å². The van der Waals surface area contributed by atoms with Gasteiger partial charge in [-0.3, -0.25) is 14.5 Å². The second-order valence-corrected chi connectivity index (χ2v) is 7.63. The van der Waals surface area contributed by atoms with Crippen LogP contribution in [0.4, 0.5) is 5.69 Å². The van der Waals surface area contributed by atoms with Gasteiger partial charge in [0.2, 0.25) is 5.91 Å². The number of carbonyl (C=O) groups excluding carboxylic acids is 2. The van der Waals surface area contributed by atoms with E-state index in [2.05, 4.69) is 0 Å². The molecule has 1 unspecified atom stereocenters. The van der Waals surface area contributed by atoms with E-state index in [4.69, 9.17) is 23.2 Å². The van der Waals surface area contributed by atoms with Gasteiger partial charge in [0, 0.05) is 30.0 Å². The quantitative estimate of drug-likeness (QED) is 0.749. The van der Waals surface area contributed by atoms with Crippen LogP contribution in [0.2, 0.25) is 10.0 Å². The highest BCUT2D eigenvalue weighted by Crippen LogP contribution is 2.44. The number of rotatable bonds is 2. The molecular formula is C21H17Cl2NO3. The van der Waals surface area contributed by atoms with Crippen LogP contribution in [0.5, 0.6) is 5.75 Å². The molecular weight excluding hydrogens is 385 g/mol. The lowest BCUT2D eigenvalue weighted by molar-refractivity contribution is -0.119. The number of nitrogens with zero attached hydrogens (tertiary/aromatic N) is 1. The summed E-state index contributed by atoms with van der Waals surface area (Å²) < 4.78 is 0. The van der Waals surface area contributed by atoms with Gasteiger partial charge >= 0.3 is 0 Å². The molecule has 1 atom stereocenters. The number of aromatic hydroxyl groups is 1. The molecule has 0 saturated carbocycles. The second-order valence-electron chi connectivity index (χ2n) is 6.81. The van der Waals surface area contributed by atoms with Crippen molar-refractivity contribution in [3.63, 3.8) is 0 Å². The summed E-state index contributed by atoms with van der Waals surface area (Å²) in [4.78, 5) is 27.5. The fourth-order valence-electron chi connectivity index (χ4n) is 3.91. The summed E-state index contributed by atoms with van der Waals surface area (Å²) in [6, 6.07) is 11.8. The Bertz CT molecular complexity index is 966. The normalized spacial score (nSPS) is 20.1. The molecule has 27 heavy (non-hydrogen) atoms. The van der Waals surface area contributed by atoms with Crippen molar-refractivity contribution in [2.45, 2.75) is 31.6 Å². The predicted molar refractivity (Wildman–Crippen MR) is 105 cm³/mol. The van der Waals surface area contributed by atoms with Crippen molar-refractivity contribution in [2.75, 3.05) is 4.90 Å². The number of amides is 1. The van der Waals surface area contributed by atoms with Crippen LogP contribution >= 0.6 is 23.2 Å². The molecule has 1 aliphatic carbocycles. The summed E-state index contributed by atoms with van der Waals surface area (Å²) >= 11 is 12.2. The fourth-order valence-corrected chi connectivity index (χ4v) is 4.20. The lowest BCUT2D eigenvalue weighted by atomic mass is 9.77. The topological polar surface area (TPSA) is 57.6 Å². The third kappa shape index (κ3) is 3.24. The number of benzene rings is 2. The van der Waals surface area contributed by atoms with E-state index in [1.165, 1.54) is 0 Å². The standard InChI is InChI=1S/C21H17Cl2NO3/c22-16-9-6-13(10-17(16)23)24-18-2-1-3-19(26)21(18)15(11-20(24)27)12-4-7-14(25)8-5-12/h4-10,15,25H,1-3,11H2. The molecule has 2 aromatic rings. The first-order valence-electron chi connectivity index (χ1n) is 8.79. The maximum Gasteiger partial charge on any atom is 0.232 e. The molecule has 0 radical (unpaired) electrons. The molecule has 138 valence electrons. The predicted octanol–water partition coefficient (Wildman–Crippen LogP) is 5.23. The third-order valence-electron chi connectivity index (χ3n) is 5.13. The monoisotopic (exact) mass is 401 g/mol. The van der Waals surface area contributed by atoms with E-state index in [1.54, 1.807) is 47.4 Å². The number of carbonyl (C=O) groups is 2. The van der Waals surface area contributed by atoms with E-state index >= 15 is 0 Å². The van der Waals surface area contributed by atoms with Crippen molar-refractivity contribution in [3.05, 3.63) is 69.3 Å². The molecule has 1 aliphatic heterocycles. The van der Waals surface area contributed by atoms with Gasteiger partial charge in [-0.1, -0.05) is 35.3 Å². The number of phenolic OH excluding ortho intramolecular Hbond substituents is 1. The Morgan fingerprint density at radius 3 is 2.41 bits per heavy atom. The zero-order valence-corrected chi connectivity index (χ0v) is 15.9. The fraction of sp³-hybridized carbons (Fsp3) is 0.238. The van der Waals surface area contributed by atoms with E-state index < -0.39 is 0 Å². The lowest BCUT2D eigenvalue weighted by Gasteiger charge is -2.38. The van der Waals surface area contributed by atoms with Gasteiger partial charge in [0.1, 0.15) is 5.75 Å². The number of Topliss-reactive ketones (excluding diaryl/α,β-unsaturated/α-hetero) is 1. The Kier molecular flexibility index (Phi) is 4.70. The Labute approximate surface area is 167 Å². The third-order valence-corrected chi connectivity index (χ3v) is 5.87.